The van der Waals surface area contributed by atoms with Gasteiger partial charge in [0, 0.05) is 43.4 Å². The Bertz CT molecular complexity index is 770. The van der Waals surface area contributed by atoms with Gasteiger partial charge in [-0.3, -0.25) is 4.79 Å². The van der Waals surface area contributed by atoms with Crippen molar-refractivity contribution in [3.05, 3.63) is 26.9 Å². The summed E-state index contributed by atoms with van der Waals surface area (Å²) in [5, 5.41) is 2.81. The van der Waals surface area contributed by atoms with E-state index in [1.165, 1.54) is 4.31 Å². The quantitative estimate of drug-likeness (QED) is 0.885. The fourth-order valence-electron chi connectivity index (χ4n) is 2.25. The van der Waals surface area contributed by atoms with Gasteiger partial charge < -0.3 is 9.88 Å². The second kappa shape index (κ2) is 5.52. The smallest absolute Gasteiger partial charge is 0.305 e. The number of sulfonamides is 1. The van der Waals surface area contributed by atoms with Crippen LogP contribution in [0.1, 0.15) is 5.69 Å². The first-order valence-corrected chi connectivity index (χ1v) is 9.46. The highest BCUT2D eigenvalue weighted by molar-refractivity contribution is 7.91. The van der Waals surface area contributed by atoms with E-state index in [-0.39, 0.29) is 9.08 Å². The molecule has 1 aliphatic heterocycles. The van der Waals surface area contributed by atoms with Crippen LogP contribution in [0, 0.1) is 6.92 Å². The number of piperazine rings is 1. The summed E-state index contributed by atoms with van der Waals surface area (Å²) in [5.41, 5.74) is 0.410. The molecule has 3 rings (SSSR count). The predicted molar refractivity (Wildman–Crippen MR) is 82.8 cm³/mol. The summed E-state index contributed by atoms with van der Waals surface area (Å²) in [7, 11) is -3.59. The average molecular weight is 346 g/mol. The Morgan fingerprint density at radius 1 is 1.29 bits per heavy atom. The first-order chi connectivity index (χ1) is 9.98. The Morgan fingerprint density at radius 3 is 2.52 bits per heavy atom. The van der Waals surface area contributed by atoms with E-state index in [9.17, 15) is 13.2 Å². The van der Waals surface area contributed by atoms with E-state index in [4.69, 9.17) is 0 Å². The topological polar surface area (TPSA) is 86.4 Å². The van der Waals surface area contributed by atoms with E-state index in [1.54, 1.807) is 24.5 Å². The zero-order valence-electron chi connectivity index (χ0n) is 11.3. The van der Waals surface area contributed by atoms with Crippen molar-refractivity contribution in [2.75, 3.05) is 31.1 Å². The molecule has 7 nitrogen and oxygen atoms in total. The summed E-state index contributed by atoms with van der Waals surface area (Å²) in [6.07, 6.45) is 1.74. The van der Waals surface area contributed by atoms with Crippen LogP contribution in [0.5, 0.6) is 0 Å². The number of aromatic amines is 1. The van der Waals surface area contributed by atoms with E-state index < -0.39 is 10.0 Å². The molecule has 114 valence electrons. The molecule has 0 aliphatic carbocycles. The van der Waals surface area contributed by atoms with Crippen LogP contribution in [-0.2, 0) is 10.0 Å². The summed E-state index contributed by atoms with van der Waals surface area (Å²) in [5.74, 6) is 0. The Kier molecular flexibility index (Phi) is 3.86. The Balaban J connectivity index is 1.77. The molecule has 0 atom stereocenters. The van der Waals surface area contributed by atoms with Gasteiger partial charge >= 0.3 is 4.87 Å². The van der Waals surface area contributed by atoms with E-state index >= 15 is 0 Å². The number of nitrogens with one attached hydrogen (secondary N) is 1. The maximum absolute atomic E-state index is 12.6. The van der Waals surface area contributed by atoms with Crippen molar-refractivity contribution in [3.63, 3.8) is 0 Å². The molecule has 0 spiro atoms. The van der Waals surface area contributed by atoms with Crippen LogP contribution >= 0.6 is 22.7 Å². The van der Waals surface area contributed by atoms with Gasteiger partial charge in [-0.2, -0.15) is 4.31 Å². The lowest BCUT2D eigenvalue weighted by Gasteiger charge is -2.33. The summed E-state index contributed by atoms with van der Waals surface area (Å²) < 4.78 is 26.7. The molecular weight excluding hydrogens is 332 g/mol. The molecule has 10 heteroatoms. The molecule has 0 amide bonds. The van der Waals surface area contributed by atoms with Crippen molar-refractivity contribution < 1.29 is 8.42 Å². The molecule has 1 saturated heterocycles. The standard InChI is InChI=1S/C11H14N4O3S3/c1-8-9(20-11(16)13-8)21(17,18)15-5-3-14(4-6-15)10-12-2-7-19-10/h2,7H,3-6H2,1H3,(H,13,16). The zero-order valence-corrected chi connectivity index (χ0v) is 13.7. The summed E-state index contributed by atoms with van der Waals surface area (Å²) in [4.78, 5) is 19.8. The van der Waals surface area contributed by atoms with E-state index in [0.29, 0.717) is 31.9 Å². The lowest BCUT2D eigenvalue weighted by Crippen LogP contribution is -2.48. The van der Waals surface area contributed by atoms with Gasteiger partial charge in [-0.05, 0) is 6.92 Å². The Morgan fingerprint density at radius 2 is 2.00 bits per heavy atom. The second-order valence-electron chi connectivity index (χ2n) is 4.63. The van der Waals surface area contributed by atoms with Gasteiger partial charge in [0.25, 0.3) is 10.0 Å². The predicted octanol–water partition coefficient (Wildman–Crippen LogP) is 0.712. The molecule has 21 heavy (non-hydrogen) atoms. The lowest BCUT2D eigenvalue weighted by molar-refractivity contribution is 0.385. The van der Waals surface area contributed by atoms with Gasteiger partial charge in [-0.15, -0.1) is 11.3 Å². The molecule has 1 fully saturated rings. The highest BCUT2D eigenvalue weighted by Gasteiger charge is 2.31. The van der Waals surface area contributed by atoms with Crippen molar-refractivity contribution in [2.45, 2.75) is 11.1 Å². The van der Waals surface area contributed by atoms with Crippen molar-refractivity contribution >= 4 is 37.8 Å². The summed E-state index contributed by atoms with van der Waals surface area (Å²) >= 11 is 2.29. The van der Waals surface area contributed by atoms with Gasteiger partial charge in [-0.1, -0.05) is 11.3 Å². The molecule has 1 aliphatic rings. The van der Waals surface area contributed by atoms with Crippen LogP contribution in [-0.4, -0.2) is 48.9 Å². The maximum atomic E-state index is 12.6. The normalized spacial score (nSPS) is 17.3. The number of anilines is 1. The number of nitrogens with zero attached hydrogens (tertiary/aromatic N) is 3. The number of rotatable bonds is 3. The van der Waals surface area contributed by atoms with Crippen LogP contribution in [0.4, 0.5) is 5.13 Å². The third-order valence-corrected chi connectivity index (χ3v) is 7.60. The third-order valence-electron chi connectivity index (χ3n) is 3.28. The molecule has 0 bridgehead atoms. The fourth-order valence-corrected chi connectivity index (χ4v) is 5.80. The average Bonchev–Trinajstić information content (AvgIpc) is 3.09. The second-order valence-corrected chi connectivity index (χ2v) is 8.62. The van der Waals surface area contributed by atoms with Gasteiger partial charge in [0.05, 0.1) is 0 Å². The van der Waals surface area contributed by atoms with Crippen LogP contribution < -0.4 is 9.77 Å². The number of hydrogen-bond donors (Lipinski definition) is 1. The summed E-state index contributed by atoms with van der Waals surface area (Å²) in [6, 6.07) is 0. The van der Waals surface area contributed by atoms with Gasteiger partial charge in [0.1, 0.15) is 0 Å². The van der Waals surface area contributed by atoms with Crippen molar-refractivity contribution in [1.29, 1.82) is 0 Å². The molecule has 0 aromatic carbocycles. The molecular formula is C11H14N4O3S3. The van der Waals surface area contributed by atoms with Crippen LogP contribution in [0.15, 0.2) is 20.6 Å². The number of aromatic nitrogens is 2. The largest absolute Gasteiger partial charge is 0.345 e. The maximum Gasteiger partial charge on any atom is 0.305 e. The number of hydrogen-bond acceptors (Lipinski definition) is 7. The lowest BCUT2D eigenvalue weighted by atomic mass is 10.4. The van der Waals surface area contributed by atoms with E-state index in [0.717, 1.165) is 16.5 Å². The Labute approximate surface area is 129 Å². The van der Waals surface area contributed by atoms with Gasteiger partial charge in [0.2, 0.25) is 0 Å². The number of H-pyrrole nitrogens is 1. The molecule has 0 unspecified atom stereocenters. The van der Waals surface area contributed by atoms with Crippen molar-refractivity contribution in [2.24, 2.45) is 0 Å². The monoisotopic (exact) mass is 346 g/mol. The minimum absolute atomic E-state index is 0.121. The third kappa shape index (κ3) is 2.76. The minimum Gasteiger partial charge on any atom is -0.345 e. The van der Waals surface area contributed by atoms with Crippen LogP contribution in [0.3, 0.4) is 0 Å². The Hall–Kier alpha value is -1.23. The first-order valence-electron chi connectivity index (χ1n) is 6.33. The molecule has 0 saturated carbocycles. The van der Waals surface area contributed by atoms with Crippen molar-refractivity contribution in [1.82, 2.24) is 14.3 Å². The zero-order chi connectivity index (χ0) is 15.0. The molecule has 1 N–H and O–H groups in total. The molecule has 3 heterocycles. The first kappa shape index (κ1) is 14.7. The summed E-state index contributed by atoms with van der Waals surface area (Å²) in [6.45, 7) is 3.60. The molecule has 0 radical (unpaired) electrons. The van der Waals surface area contributed by atoms with E-state index in [2.05, 4.69) is 14.9 Å². The minimum atomic E-state index is -3.59. The molecule has 2 aromatic heterocycles. The SMILES string of the molecule is Cc1[nH]c(=O)sc1S(=O)(=O)N1CCN(c2nccs2)CC1. The van der Waals surface area contributed by atoms with Crippen LogP contribution in [0.2, 0.25) is 0 Å². The highest BCUT2D eigenvalue weighted by atomic mass is 32.2. The molecule has 2 aromatic rings. The van der Waals surface area contributed by atoms with Crippen LogP contribution in [0.25, 0.3) is 0 Å². The number of thiazole rings is 2. The van der Waals surface area contributed by atoms with Crippen molar-refractivity contribution in [3.8, 4) is 0 Å². The van der Waals surface area contributed by atoms with Gasteiger partial charge in [0.15, 0.2) is 9.34 Å². The van der Waals surface area contributed by atoms with Gasteiger partial charge in [-0.25, -0.2) is 13.4 Å². The fraction of sp³-hybridized carbons (Fsp3) is 0.455. The number of aryl methyl sites for hydroxylation is 1. The highest BCUT2D eigenvalue weighted by Crippen LogP contribution is 2.24. The van der Waals surface area contributed by atoms with E-state index in [1.807, 2.05) is 5.38 Å².